The quantitative estimate of drug-likeness (QED) is 0.893. The molecule has 0 saturated carbocycles. The number of rotatable bonds is 2. The van der Waals surface area contributed by atoms with Crippen LogP contribution in [0.15, 0.2) is 30.3 Å². The van der Waals surface area contributed by atoms with Crippen molar-refractivity contribution < 1.29 is 8.42 Å². The molecule has 1 aliphatic rings. The SMILES string of the molecule is CC1CS(=O)(=O)C(C(C)C)C(c2ccccc2)N1. The molecule has 0 amide bonds. The number of nitrogens with one attached hydrogen (secondary N) is 1. The van der Waals surface area contributed by atoms with Crippen LogP contribution in [0.1, 0.15) is 32.4 Å². The van der Waals surface area contributed by atoms with E-state index in [0.717, 1.165) is 5.56 Å². The molecule has 0 radical (unpaired) electrons. The molecule has 100 valence electrons. The lowest BCUT2D eigenvalue weighted by atomic mass is 9.95. The van der Waals surface area contributed by atoms with Gasteiger partial charge in [0.05, 0.1) is 11.0 Å². The summed E-state index contributed by atoms with van der Waals surface area (Å²) in [5, 5.41) is 3.10. The van der Waals surface area contributed by atoms with Gasteiger partial charge in [-0.05, 0) is 18.4 Å². The van der Waals surface area contributed by atoms with Crippen molar-refractivity contribution in [2.24, 2.45) is 5.92 Å². The zero-order valence-electron chi connectivity index (χ0n) is 11.1. The van der Waals surface area contributed by atoms with Crippen molar-refractivity contribution in [3.8, 4) is 0 Å². The van der Waals surface area contributed by atoms with E-state index in [1.165, 1.54) is 0 Å². The first-order valence-electron chi connectivity index (χ1n) is 6.44. The average Bonchev–Trinajstić information content (AvgIpc) is 2.27. The molecule has 3 nitrogen and oxygen atoms in total. The minimum absolute atomic E-state index is 0.00945. The first-order valence-corrected chi connectivity index (χ1v) is 8.16. The van der Waals surface area contributed by atoms with E-state index in [4.69, 9.17) is 0 Å². The van der Waals surface area contributed by atoms with Gasteiger partial charge in [-0.3, -0.25) is 0 Å². The maximum atomic E-state index is 12.4. The van der Waals surface area contributed by atoms with Gasteiger partial charge in [0.1, 0.15) is 0 Å². The molecule has 3 unspecified atom stereocenters. The van der Waals surface area contributed by atoms with Crippen molar-refractivity contribution in [3.05, 3.63) is 35.9 Å². The van der Waals surface area contributed by atoms with Crippen LogP contribution in [0.3, 0.4) is 0 Å². The maximum Gasteiger partial charge on any atom is 0.156 e. The Kier molecular flexibility index (Phi) is 3.78. The Bertz CT molecular complexity index is 496. The van der Waals surface area contributed by atoms with Gasteiger partial charge in [0.15, 0.2) is 9.84 Å². The number of benzene rings is 1. The summed E-state index contributed by atoms with van der Waals surface area (Å²) in [4.78, 5) is 0. The third-order valence-corrected chi connectivity index (χ3v) is 6.12. The van der Waals surface area contributed by atoms with Gasteiger partial charge in [-0.25, -0.2) is 8.42 Å². The zero-order valence-corrected chi connectivity index (χ0v) is 11.9. The van der Waals surface area contributed by atoms with Crippen molar-refractivity contribution in [1.82, 2.24) is 5.32 Å². The van der Waals surface area contributed by atoms with Gasteiger partial charge >= 0.3 is 0 Å². The van der Waals surface area contributed by atoms with Crippen LogP contribution in [0.25, 0.3) is 0 Å². The third kappa shape index (κ3) is 2.59. The van der Waals surface area contributed by atoms with Crippen LogP contribution in [-0.2, 0) is 9.84 Å². The predicted molar refractivity (Wildman–Crippen MR) is 74.2 cm³/mol. The van der Waals surface area contributed by atoms with E-state index in [0.29, 0.717) is 0 Å². The van der Waals surface area contributed by atoms with Crippen molar-refractivity contribution in [2.45, 2.75) is 38.1 Å². The van der Waals surface area contributed by atoms with Gasteiger partial charge in [0.2, 0.25) is 0 Å². The smallest absolute Gasteiger partial charge is 0.156 e. The van der Waals surface area contributed by atoms with Gasteiger partial charge < -0.3 is 5.32 Å². The van der Waals surface area contributed by atoms with Crippen molar-refractivity contribution in [3.63, 3.8) is 0 Å². The second-order valence-corrected chi connectivity index (χ2v) is 7.70. The summed E-state index contributed by atoms with van der Waals surface area (Å²) < 4.78 is 24.8. The summed E-state index contributed by atoms with van der Waals surface area (Å²) in [7, 11) is -3.03. The highest BCUT2D eigenvalue weighted by molar-refractivity contribution is 7.92. The molecular formula is C14H21NO2S. The van der Waals surface area contributed by atoms with Crippen LogP contribution >= 0.6 is 0 Å². The lowest BCUT2D eigenvalue weighted by molar-refractivity contribution is 0.371. The molecular weight excluding hydrogens is 246 g/mol. The topological polar surface area (TPSA) is 46.2 Å². The Morgan fingerprint density at radius 1 is 1.22 bits per heavy atom. The summed E-state index contributed by atoms with van der Waals surface area (Å²) in [6, 6.07) is 9.78. The molecule has 0 aliphatic carbocycles. The van der Waals surface area contributed by atoms with Crippen LogP contribution in [0, 0.1) is 5.92 Å². The van der Waals surface area contributed by atoms with E-state index in [-0.39, 0.29) is 29.0 Å². The molecule has 1 aliphatic heterocycles. The normalized spacial score (nSPS) is 31.4. The third-order valence-electron chi connectivity index (χ3n) is 3.51. The fraction of sp³-hybridized carbons (Fsp3) is 0.571. The molecule has 0 spiro atoms. The van der Waals surface area contributed by atoms with Crippen LogP contribution in [0.4, 0.5) is 0 Å². The van der Waals surface area contributed by atoms with E-state index in [2.05, 4.69) is 5.32 Å². The second-order valence-electron chi connectivity index (χ2n) is 5.49. The Balaban J connectivity index is 2.43. The standard InChI is InChI=1S/C14H21NO2S/c1-10(2)14-13(12-7-5-4-6-8-12)15-11(3)9-18(14,16)17/h4-8,10-11,13-15H,9H2,1-3H3. The molecule has 1 saturated heterocycles. The predicted octanol–water partition coefficient (Wildman–Crippen LogP) is 2.16. The minimum atomic E-state index is -3.03. The molecule has 18 heavy (non-hydrogen) atoms. The Morgan fingerprint density at radius 3 is 2.39 bits per heavy atom. The van der Waals surface area contributed by atoms with Crippen molar-refractivity contribution >= 4 is 9.84 Å². The Labute approximate surface area is 110 Å². The monoisotopic (exact) mass is 267 g/mol. The van der Waals surface area contributed by atoms with Gasteiger partial charge in [-0.1, -0.05) is 44.2 Å². The maximum absolute atomic E-state index is 12.4. The second kappa shape index (κ2) is 5.02. The van der Waals surface area contributed by atoms with Crippen LogP contribution < -0.4 is 5.32 Å². The summed E-state index contributed by atoms with van der Waals surface area (Å²) >= 11 is 0. The van der Waals surface area contributed by atoms with Gasteiger partial charge in [-0.2, -0.15) is 0 Å². The fourth-order valence-corrected chi connectivity index (χ4v) is 5.36. The van der Waals surface area contributed by atoms with Crippen LogP contribution in [-0.4, -0.2) is 25.5 Å². The van der Waals surface area contributed by atoms with Crippen molar-refractivity contribution in [1.29, 1.82) is 0 Å². The van der Waals surface area contributed by atoms with E-state index in [9.17, 15) is 8.42 Å². The van der Waals surface area contributed by atoms with Crippen molar-refractivity contribution in [2.75, 3.05) is 5.75 Å². The molecule has 1 aromatic rings. The molecule has 0 bridgehead atoms. The molecule has 2 rings (SSSR count). The molecule has 3 atom stereocenters. The lowest BCUT2D eigenvalue weighted by Crippen LogP contribution is -2.53. The van der Waals surface area contributed by atoms with E-state index >= 15 is 0 Å². The zero-order chi connectivity index (χ0) is 13.3. The van der Waals surface area contributed by atoms with E-state index in [1.54, 1.807) is 0 Å². The van der Waals surface area contributed by atoms with Gasteiger partial charge in [-0.15, -0.1) is 0 Å². The number of hydrogen-bond donors (Lipinski definition) is 1. The molecule has 1 fully saturated rings. The van der Waals surface area contributed by atoms with E-state index < -0.39 is 9.84 Å². The summed E-state index contributed by atoms with van der Waals surface area (Å²) in [6.45, 7) is 5.90. The average molecular weight is 267 g/mol. The first kappa shape index (κ1) is 13.6. The largest absolute Gasteiger partial charge is 0.305 e. The Hall–Kier alpha value is -0.870. The number of hydrogen-bond acceptors (Lipinski definition) is 3. The first-order chi connectivity index (χ1) is 8.42. The highest BCUT2D eigenvalue weighted by Gasteiger charge is 2.41. The molecule has 1 N–H and O–H groups in total. The van der Waals surface area contributed by atoms with Gasteiger partial charge in [0, 0.05) is 12.1 Å². The summed E-state index contributed by atoms with van der Waals surface area (Å²) in [6.07, 6.45) is 0. The Morgan fingerprint density at radius 2 is 1.83 bits per heavy atom. The van der Waals surface area contributed by atoms with Gasteiger partial charge in [0.25, 0.3) is 0 Å². The highest BCUT2D eigenvalue weighted by Crippen LogP contribution is 2.32. The van der Waals surface area contributed by atoms with Crippen LogP contribution in [0.5, 0.6) is 0 Å². The van der Waals surface area contributed by atoms with E-state index in [1.807, 2.05) is 51.1 Å². The minimum Gasteiger partial charge on any atom is -0.305 e. The lowest BCUT2D eigenvalue weighted by Gasteiger charge is -2.38. The fourth-order valence-electron chi connectivity index (χ4n) is 2.86. The van der Waals surface area contributed by atoms with Crippen LogP contribution in [0.2, 0.25) is 0 Å². The molecule has 0 aromatic heterocycles. The summed E-state index contributed by atoms with van der Waals surface area (Å²) in [5.74, 6) is 0.347. The molecule has 1 aromatic carbocycles. The highest BCUT2D eigenvalue weighted by atomic mass is 32.2. The molecule has 4 heteroatoms. The summed E-state index contributed by atoms with van der Waals surface area (Å²) in [5.41, 5.74) is 1.06. The molecule has 1 heterocycles. The number of sulfone groups is 1.